The van der Waals surface area contributed by atoms with Crippen molar-refractivity contribution in [2.24, 2.45) is 0 Å². The van der Waals surface area contributed by atoms with Gasteiger partial charge in [-0.25, -0.2) is 4.98 Å². The second-order valence-electron chi connectivity index (χ2n) is 5.08. The van der Waals surface area contributed by atoms with Gasteiger partial charge in [0, 0.05) is 16.1 Å². The average molecular weight is 376 g/mol. The highest BCUT2D eigenvalue weighted by Gasteiger charge is 2.18. The number of carboxylic acid groups (broad SMARTS) is 1. The van der Waals surface area contributed by atoms with Gasteiger partial charge in [-0.15, -0.1) is 0 Å². The molecule has 0 bridgehead atoms. The maximum atomic E-state index is 10.8. The molecule has 0 atom stereocenters. The maximum Gasteiger partial charge on any atom is 0.314 e. The summed E-state index contributed by atoms with van der Waals surface area (Å²) in [5.41, 5.74) is 2.29. The number of aromatic nitrogens is 1. The summed E-state index contributed by atoms with van der Waals surface area (Å²) in [7, 11) is 1.60. The molecule has 0 radical (unpaired) electrons. The van der Waals surface area contributed by atoms with Gasteiger partial charge in [-0.2, -0.15) is 0 Å². The molecule has 0 saturated carbocycles. The normalized spacial score (nSPS) is 10.6. The lowest BCUT2D eigenvalue weighted by atomic mass is 10.1. The minimum atomic E-state index is -0.928. The third-order valence-electron chi connectivity index (χ3n) is 3.40. The van der Waals surface area contributed by atoms with Gasteiger partial charge in [0.2, 0.25) is 0 Å². The number of hydrogen-bond donors (Lipinski definition) is 1. The van der Waals surface area contributed by atoms with E-state index in [-0.39, 0.29) is 5.75 Å². The number of carboxylic acids is 1. The fraction of sp³-hybridized carbons (Fsp3) is 0.111. The molecule has 0 unspecified atom stereocenters. The van der Waals surface area contributed by atoms with Crippen LogP contribution in [0.4, 0.5) is 0 Å². The molecule has 0 spiro atoms. The van der Waals surface area contributed by atoms with E-state index in [1.54, 1.807) is 19.2 Å². The van der Waals surface area contributed by atoms with Crippen LogP contribution in [0.5, 0.6) is 5.75 Å². The predicted octanol–water partition coefficient (Wildman–Crippen LogP) is 4.85. The predicted molar refractivity (Wildman–Crippen MR) is 97.3 cm³/mol. The first-order valence-corrected chi connectivity index (χ1v) is 8.69. The molecule has 2 aromatic carbocycles. The molecular formula is C18H14ClNO4S. The van der Waals surface area contributed by atoms with Gasteiger partial charge in [0.1, 0.15) is 17.2 Å². The third-order valence-corrected chi connectivity index (χ3v) is 4.46. The van der Waals surface area contributed by atoms with Crippen LogP contribution in [-0.4, -0.2) is 28.9 Å². The Morgan fingerprint density at radius 2 is 1.80 bits per heavy atom. The Labute approximate surface area is 153 Å². The van der Waals surface area contributed by atoms with Crippen molar-refractivity contribution in [3.63, 3.8) is 0 Å². The van der Waals surface area contributed by atoms with Crippen LogP contribution in [0, 0.1) is 0 Å². The van der Waals surface area contributed by atoms with Crippen LogP contribution in [0.3, 0.4) is 0 Å². The molecule has 25 heavy (non-hydrogen) atoms. The Kier molecular flexibility index (Phi) is 5.31. The molecule has 1 aromatic heterocycles. The molecule has 1 N–H and O–H groups in total. The molecule has 3 aromatic rings. The van der Waals surface area contributed by atoms with Gasteiger partial charge in [0.15, 0.2) is 5.76 Å². The summed E-state index contributed by atoms with van der Waals surface area (Å²) in [6.45, 7) is 0. The molecule has 5 nitrogen and oxygen atoms in total. The van der Waals surface area contributed by atoms with Gasteiger partial charge in [-0.05, 0) is 48.5 Å². The molecule has 128 valence electrons. The van der Waals surface area contributed by atoms with Crippen LogP contribution in [-0.2, 0) is 4.79 Å². The number of benzene rings is 2. The molecule has 0 aliphatic heterocycles. The Bertz CT molecular complexity index is 875. The molecule has 0 aliphatic carbocycles. The SMILES string of the molecule is COc1ccc(-c2nc(SCC(=O)O)oc2-c2ccc(Cl)cc2)cc1. The summed E-state index contributed by atoms with van der Waals surface area (Å²) in [5.74, 6) is 0.250. The summed E-state index contributed by atoms with van der Waals surface area (Å²) in [4.78, 5) is 15.3. The van der Waals surface area contributed by atoms with Gasteiger partial charge in [-0.3, -0.25) is 4.79 Å². The average Bonchev–Trinajstić information content (AvgIpc) is 3.05. The topological polar surface area (TPSA) is 72.6 Å². The molecule has 0 amide bonds. The highest BCUT2D eigenvalue weighted by molar-refractivity contribution is 7.99. The van der Waals surface area contributed by atoms with Crippen molar-refractivity contribution in [2.75, 3.05) is 12.9 Å². The highest BCUT2D eigenvalue weighted by Crippen LogP contribution is 2.36. The number of rotatable bonds is 6. The third kappa shape index (κ3) is 4.15. The number of hydrogen-bond acceptors (Lipinski definition) is 5. The summed E-state index contributed by atoms with van der Waals surface area (Å²) < 4.78 is 11.0. The standard InChI is InChI=1S/C18H14ClNO4S/c1-23-14-8-4-11(5-9-14)16-17(12-2-6-13(19)7-3-12)24-18(20-16)25-10-15(21)22/h2-9H,10H2,1H3,(H,21,22). The van der Waals surface area contributed by atoms with Gasteiger partial charge in [0.25, 0.3) is 5.22 Å². The zero-order chi connectivity index (χ0) is 17.8. The second kappa shape index (κ2) is 7.63. The monoisotopic (exact) mass is 375 g/mol. The molecular weight excluding hydrogens is 362 g/mol. The zero-order valence-electron chi connectivity index (χ0n) is 13.2. The zero-order valence-corrected chi connectivity index (χ0v) is 14.8. The summed E-state index contributed by atoms with van der Waals surface area (Å²) in [6, 6.07) is 14.6. The van der Waals surface area contributed by atoms with E-state index in [0.29, 0.717) is 21.7 Å². The number of methoxy groups -OCH3 is 1. The van der Waals surface area contributed by atoms with Crippen LogP contribution in [0.1, 0.15) is 0 Å². The summed E-state index contributed by atoms with van der Waals surface area (Å²) >= 11 is 6.99. The number of ether oxygens (including phenoxy) is 1. The van der Waals surface area contributed by atoms with E-state index in [0.717, 1.165) is 28.6 Å². The first kappa shape index (κ1) is 17.4. The lowest BCUT2D eigenvalue weighted by Gasteiger charge is -2.03. The van der Waals surface area contributed by atoms with Crippen LogP contribution < -0.4 is 4.74 Å². The lowest BCUT2D eigenvalue weighted by Crippen LogP contribution is -1.97. The van der Waals surface area contributed by atoms with E-state index in [9.17, 15) is 4.79 Å². The maximum absolute atomic E-state index is 10.8. The van der Waals surface area contributed by atoms with E-state index in [4.69, 9.17) is 25.9 Å². The van der Waals surface area contributed by atoms with Crippen molar-refractivity contribution in [1.82, 2.24) is 4.98 Å². The van der Waals surface area contributed by atoms with Crippen molar-refractivity contribution < 1.29 is 19.1 Å². The largest absolute Gasteiger partial charge is 0.497 e. The fourth-order valence-electron chi connectivity index (χ4n) is 2.23. The molecule has 7 heteroatoms. The van der Waals surface area contributed by atoms with E-state index >= 15 is 0 Å². The highest BCUT2D eigenvalue weighted by atomic mass is 35.5. The fourth-order valence-corrected chi connectivity index (χ4v) is 2.90. The number of carbonyl (C=O) groups is 1. The molecule has 0 aliphatic rings. The number of halogens is 1. The molecule has 1 heterocycles. The van der Waals surface area contributed by atoms with Crippen molar-refractivity contribution >= 4 is 29.3 Å². The minimum Gasteiger partial charge on any atom is -0.497 e. The van der Waals surface area contributed by atoms with Crippen molar-refractivity contribution in [2.45, 2.75) is 5.22 Å². The van der Waals surface area contributed by atoms with Crippen molar-refractivity contribution in [3.8, 4) is 28.3 Å². The van der Waals surface area contributed by atoms with Crippen LogP contribution >= 0.6 is 23.4 Å². The van der Waals surface area contributed by atoms with Gasteiger partial charge >= 0.3 is 5.97 Å². The minimum absolute atomic E-state index is 0.122. The van der Waals surface area contributed by atoms with E-state index in [2.05, 4.69) is 4.98 Å². The Hall–Kier alpha value is -2.44. The number of aliphatic carboxylic acids is 1. The Balaban J connectivity index is 2.03. The quantitative estimate of drug-likeness (QED) is 0.621. The summed E-state index contributed by atoms with van der Waals surface area (Å²) in [6.07, 6.45) is 0. The van der Waals surface area contributed by atoms with Crippen LogP contribution in [0.25, 0.3) is 22.6 Å². The van der Waals surface area contributed by atoms with Crippen LogP contribution in [0.15, 0.2) is 58.2 Å². The van der Waals surface area contributed by atoms with Crippen LogP contribution in [0.2, 0.25) is 5.02 Å². The Morgan fingerprint density at radius 1 is 1.16 bits per heavy atom. The molecule has 3 rings (SSSR count). The Morgan fingerprint density at radius 3 is 2.40 bits per heavy atom. The molecule has 0 fully saturated rings. The number of thioether (sulfide) groups is 1. The first-order valence-electron chi connectivity index (χ1n) is 7.32. The van der Waals surface area contributed by atoms with Crippen molar-refractivity contribution in [1.29, 1.82) is 0 Å². The second-order valence-corrected chi connectivity index (χ2v) is 6.44. The first-order chi connectivity index (χ1) is 12.1. The van der Waals surface area contributed by atoms with Crippen molar-refractivity contribution in [3.05, 3.63) is 53.6 Å². The lowest BCUT2D eigenvalue weighted by molar-refractivity contribution is -0.133. The van der Waals surface area contributed by atoms with Gasteiger partial charge < -0.3 is 14.3 Å². The molecule has 0 saturated heterocycles. The van der Waals surface area contributed by atoms with Gasteiger partial charge in [0.05, 0.1) is 7.11 Å². The van der Waals surface area contributed by atoms with E-state index < -0.39 is 5.97 Å². The number of oxazole rings is 1. The number of nitrogens with zero attached hydrogens (tertiary/aromatic N) is 1. The summed E-state index contributed by atoms with van der Waals surface area (Å²) in [5, 5.41) is 9.78. The van der Waals surface area contributed by atoms with E-state index in [1.165, 1.54) is 0 Å². The van der Waals surface area contributed by atoms with E-state index in [1.807, 2.05) is 36.4 Å². The van der Waals surface area contributed by atoms with Gasteiger partial charge in [-0.1, -0.05) is 23.4 Å². The smallest absolute Gasteiger partial charge is 0.314 e.